The van der Waals surface area contributed by atoms with Crippen molar-refractivity contribution in [3.8, 4) is 0 Å². The first kappa shape index (κ1) is 11.7. The summed E-state index contributed by atoms with van der Waals surface area (Å²) in [5, 5.41) is 3.57. The van der Waals surface area contributed by atoms with Crippen molar-refractivity contribution < 1.29 is 0 Å². The molecular formula is C15H23N. The van der Waals surface area contributed by atoms with Crippen LogP contribution in [0.4, 0.5) is 0 Å². The molecule has 1 fully saturated rings. The zero-order chi connectivity index (χ0) is 11.4. The monoisotopic (exact) mass is 217 g/mol. The Bertz CT molecular complexity index is 337. The second-order valence-corrected chi connectivity index (χ2v) is 5.12. The maximum Gasteiger partial charge on any atom is 0.00676 e. The molecule has 1 unspecified atom stereocenters. The van der Waals surface area contributed by atoms with Gasteiger partial charge in [-0.2, -0.15) is 0 Å². The maximum atomic E-state index is 3.57. The second-order valence-electron chi connectivity index (χ2n) is 5.12. The molecule has 1 aromatic carbocycles. The van der Waals surface area contributed by atoms with Gasteiger partial charge in [0.05, 0.1) is 0 Å². The van der Waals surface area contributed by atoms with Gasteiger partial charge in [0.25, 0.3) is 0 Å². The van der Waals surface area contributed by atoms with Crippen molar-refractivity contribution in [2.45, 2.75) is 52.0 Å². The summed E-state index contributed by atoms with van der Waals surface area (Å²) < 4.78 is 0. The number of hydrogen-bond donors (Lipinski definition) is 1. The van der Waals surface area contributed by atoms with E-state index < -0.39 is 0 Å². The molecule has 16 heavy (non-hydrogen) atoms. The maximum absolute atomic E-state index is 3.57. The highest BCUT2D eigenvalue weighted by Crippen LogP contribution is 2.16. The van der Waals surface area contributed by atoms with Crippen LogP contribution in [0.3, 0.4) is 0 Å². The molecule has 1 atom stereocenters. The Morgan fingerprint density at radius 1 is 1.31 bits per heavy atom. The van der Waals surface area contributed by atoms with Crippen LogP contribution in [0.2, 0.25) is 0 Å². The van der Waals surface area contributed by atoms with Crippen LogP contribution < -0.4 is 5.32 Å². The van der Waals surface area contributed by atoms with Gasteiger partial charge in [-0.1, -0.05) is 23.8 Å². The van der Waals surface area contributed by atoms with E-state index >= 15 is 0 Å². The van der Waals surface area contributed by atoms with Gasteiger partial charge in [0.15, 0.2) is 0 Å². The molecule has 1 N–H and O–H groups in total. The molecule has 1 saturated heterocycles. The van der Waals surface area contributed by atoms with Gasteiger partial charge < -0.3 is 5.32 Å². The number of nitrogens with one attached hydrogen (secondary N) is 1. The molecule has 1 aliphatic heterocycles. The number of aryl methyl sites for hydroxylation is 3. The molecule has 0 bridgehead atoms. The highest BCUT2D eigenvalue weighted by atomic mass is 14.9. The fraction of sp³-hybridized carbons (Fsp3) is 0.600. The van der Waals surface area contributed by atoms with E-state index in [1.165, 1.54) is 55.3 Å². The molecule has 0 aliphatic carbocycles. The van der Waals surface area contributed by atoms with Crippen LogP contribution in [0.5, 0.6) is 0 Å². The smallest absolute Gasteiger partial charge is 0.00676 e. The van der Waals surface area contributed by atoms with E-state index in [2.05, 4.69) is 37.4 Å². The van der Waals surface area contributed by atoms with Crippen molar-refractivity contribution in [2.75, 3.05) is 6.54 Å². The minimum Gasteiger partial charge on any atom is -0.314 e. The van der Waals surface area contributed by atoms with Crippen LogP contribution in [0.1, 0.15) is 42.4 Å². The molecule has 1 nitrogen and oxygen atoms in total. The summed E-state index contributed by atoms with van der Waals surface area (Å²) >= 11 is 0. The largest absolute Gasteiger partial charge is 0.314 e. The third kappa shape index (κ3) is 3.08. The van der Waals surface area contributed by atoms with Crippen molar-refractivity contribution >= 4 is 0 Å². The minimum absolute atomic E-state index is 0.797. The summed E-state index contributed by atoms with van der Waals surface area (Å²) in [6, 6.07) is 7.62. The van der Waals surface area contributed by atoms with Gasteiger partial charge in [0.1, 0.15) is 0 Å². The van der Waals surface area contributed by atoms with E-state index in [0.717, 1.165) is 6.04 Å². The first-order valence-corrected chi connectivity index (χ1v) is 6.55. The number of benzene rings is 1. The molecule has 0 spiro atoms. The molecule has 0 amide bonds. The lowest BCUT2D eigenvalue weighted by Crippen LogP contribution is -2.21. The molecule has 0 saturated carbocycles. The Morgan fingerprint density at radius 3 is 2.88 bits per heavy atom. The Labute approximate surface area is 99.3 Å². The number of rotatable bonds is 4. The summed E-state index contributed by atoms with van der Waals surface area (Å²) in [4.78, 5) is 0. The standard InChI is InChI=1S/C15H23N/c1-12-8-9-14(13(2)11-12)5-3-6-15-7-4-10-16-15/h8-9,11,15-16H,3-7,10H2,1-2H3. The average molecular weight is 217 g/mol. The fourth-order valence-electron chi connectivity index (χ4n) is 2.67. The summed E-state index contributed by atoms with van der Waals surface area (Å²) in [7, 11) is 0. The summed E-state index contributed by atoms with van der Waals surface area (Å²) in [6.07, 6.45) is 6.65. The van der Waals surface area contributed by atoms with E-state index in [0.29, 0.717) is 0 Å². The third-order valence-corrected chi connectivity index (χ3v) is 3.66. The van der Waals surface area contributed by atoms with E-state index in [1.54, 1.807) is 0 Å². The van der Waals surface area contributed by atoms with Gasteiger partial charge in [-0.25, -0.2) is 0 Å². The van der Waals surface area contributed by atoms with E-state index in [4.69, 9.17) is 0 Å². The molecular weight excluding hydrogens is 194 g/mol. The summed E-state index contributed by atoms with van der Waals surface area (Å²) in [5.74, 6) is 0. The van der Waals surface area contributed by atoms with Crippen LogP contribution in [0.15, 0.2) is 18.2 Å². The Kier molecular flexibility index (Phi) is 4.00. The first-order chi connectivity index (χ1) is 7.75. The number of hydrogen-bond acceptors (Lipinski definition) is 1. The lowest BCUT2D eigenvalue weighted by atomic mass is 9.99. The lowest BCUT2D eigenvalue weighted by Gasteiger charge is -2.11. The zero-order valence-electron chi connectivity index (χ0n) is 10.6. The van der Waals surface area contributed by atoms with Crippen LogP contribution in [0.25, 0.3) is 0 Å². The van der Waals surface area contributed by atoms with Crippen LogP contribution in [-0.2, 0) is 6.42 Å². The van der Waals surface area contributed by atoms with Gasteiger partial charge in [-0.15, -0.1) is 0 Å². The van der Waals surface area contributed by atoms with Crippen molar-refractivity contribution in [3.05, 3.63) is 34.9 Å². The van der Waals surface area contributed by atoms with Crippen molar-refractivity contribution in [3.63, 3.8) is 0 Å². The van der Waals surface area contributed by atoms with Crippen LogP contribution >= 0.6 is 0 Å². The predicted molar refractivity (Wildman–Crippen MR) is 69.9 cm³/mol. The third-order valence-electron chi connectivity index (χ3n) is 3.66. The second kappa shape index (κ2) is 5.49. The SMILES string of the molecule is Cc1ccc(CCCC2CCCN2)c(C)c1. The van der Waals surface area contributed by atoms with Crippen molar-refractivity contribution in [1.82, 2.24) is 5.32 Å². The summed E-state index contributed by atoms with van der Waals surface area (Å²) in [6.45, 7) is 5.63. The van der Waals surface area contributed by atoms with Gasteiger partial charge in [0.2, 0.25) is 0 Å². The fourth-order valence-corrected chi connectivity index (χ4v) is 2.67. The van der Waals surface area contributed by atoms with Gasteiger partial charge in [-0.05, 0) is 63.6 Å². The molecule has 88 valence electrons. The molecule has 0 aromatic heterocycles. The van der Waals surface area contributed by atoms with Gasteiger partial charge in [-0.3, -0.25) is 0 Å². The van der Waals surface area contributed by atoms with E-state index in [9.17, 15) is 0 Å². The molecule has 1 aliphatic rings. The van der Waals surface area contributed by atoms with Gasteiger partial charge in [0, 0.05) is 6.04 Å². The normalized spacial score (nSPS) is 20.2. The predicted octanol–water partition coefficient (Wildman–Crippen LogP) is 3.38. The van der Waals surface area contributed by atoms with Gasteiger partial charge >= 0.3 is 0 Å². The molecule has 0 radical (unpaired) electrons. The highest BCUT2D eigenvalue weighted by Gasteiger charge is 2.13. The zero-order valence-corrected chi connectivity index (χ0v) is 10.6. The average Bonchev–Trinajstić information content (AvgIpc) is 2.74. The highest BCUT2D eigenvalue weighted by molar-refractivity contribution is 5.30. The van der Waals surface area contributed by atoms with E-state index in [-0.39, 0.29) is 0 Å². The Hall–Kier alpha value is -0.820. The molecule has 1 heterocycles. The summed E-state index contributed by atoms with van der Waals surface area (Å²) in [5.41, 5.74) is 4.36. The van der Waals surface area contributed by atoms with Crippen LogP contribution in [0, 0.1) is 13.8 Å². The van der Waals surface area contributed by atoms with Crippen molar-refractivity contribution in [2.24, 2.45) is 0 Å². The van der Waals surface area contributed by atoms with Crippen LogP contribution in [-0.4, -0.2) is 12.6 Å². The minimum atomic E-state index is 0.797. The molecule has 2 rings (SSSR count). The molecule has 1 heteroatoms. The quantitative estimate of drug-likeness (QED) is 0.815. The topological polar surface area (TPSA) is 12.0 Å². The lowest BCUT2D eigenvalue weighted by molar-refractivity contribution is 0.536. The van der Waals surface area contributed by atoms with E-state index in [1.807, 2.05) is 0 Å². The van der Waals surface area contributed by atoms with Crippen molar-refractivity contribution in [1.29, 1.82) is 0 Å². The Balaban J connectivity index is 1.80. The molecule has 1 aromatic rings. The Morgan fingerprint density at radius 2 is 2.19 bits per heavy atom. The first-order valence-electron chi connectivity index (χ1n) is 6.55.